The molecule has 0 aliphatic carbocycles. The number of hydrogen-bond donors (Lipinski definition) is 7. The van der Waals surface area contributed by atoms with Gasteiger partial charge in [0.15, 0.2) is 12.4 Å². The van der Waals surface area contributed by atoms with E-state index in [1.165, 1.54) is 6.08 Å². The summed E-state index contributed by atoms with van der Waals surface area (Å²) >= 11 is 0. The molecule has 13 atom stereocenters. The number of aliphatic hydroxyl groups is 5. The minimum atomic E-state index is -1.92. The Morgan fingerprint density at radius 1 is 0.872 bits per heavy atom. The maximum atomic E-state index is 12.5. The molecule has 3 rings (SSSR count). The molecule has 5 unspecified atom stereocenters. The van der Waals surface area contributed by atoms with Gasteiger partial charge < -0.3 is 59.4 Å². The molecule has 3 aliphatic heterocycles. The largest absolute Gasteiger partial charge is 0.481 e. The lowest BCUT2D eigenvalue weighted by Gasteiger charge is -2.45. The Bertz CT molecular complexity index is 1050. The van der Waals surface area contributed by atoms with Crippen LogP contribution in [-0.2, 0) is 38.1 Å². The fraction of sp³-hybridized carbons (Fsp3) is 0.844. The van der Waals surface area contributed by atoms with E-state index < -0.39 is 78.9 Å². The summed E-state index contributed by atoms with van der Waals surface area (Å²) < 4.78 is 28.3. The van der Waals surface area contributed by atoms with Gasteiger partial charge in [-0.05, 0) is 39.5 Å². The van der Waals surface area contributed by atoms with Crippen molar-refractivity contribution < 1.29 is 73.8 Å². The van der Waals surface area contributed by atoms with Crippen LogP contribution in [0.15, 0.2) is 11.6 Å². The molecule has 0 bridgehead atoms. The number of ether oxygens (including phenoxy) is 5. The summed E-state index contributed by atoms with van der Waals surface area (Å²) in [7, 11) is 0. The highest BCUT2D eigenvalue weighted by Crippen LogP contribution is 2.39. The number of unbranched alkanes of at least 4 members (excludes halogenated alkanes) is 5. The Kier molecular flexibility index (Phi) is 15.5. The van der Waals surface area contributed by atoms with E-state index in [0.717, 1.165) is 25.7 Å². The van der Waals surface area contributed by atoms with Crippen LogP contribution in [0.2, 0.25) is 0 Å². The number of epoxide rings is 1. The van der Waals surface area contributed by atoms with Crippen molar-refractivity contribution in [3.8, 4) is 0 Å². The monoisotopic (exact) mass is 676 g/mol. The molecule has 3 fully saturated rings. The van der Waals surface area contributed by atoms with Crippen molar-refractivity contribution in [1.82, 2.24) is 0 Å². The molecule has 47 heavy (non-hydrogen) atoms. The van der Waals surface area contributed by atoms with E-state index in [1.807, 2.05) is 6.92 Å². The molecule has 270 valence electrons. The Morgan fingerprint density at radius 3 is 2.17 bits per heavy atom. The van der Waals surface area contributed by atoms with Gasteiger partial charge in [-0.25, -0.2) is 9.59 Å². The molecule has 3 heterocycles. The molecule has 0 aromatic carbocycles. The van der Waals surface area contributed by atoms with Gasteiger partial charge in [-0.15, -0.1) is 0 Å². The number of carboxylic acids is 2. The fourth-order valence-electron chi connectivity index (χ4n) is 6.06. The normalized spacial score (nSPS) is 35.6. The van der Waals surface area contributed by atoms with E-state index >= 15 is 0 Å². The summed E-state index contributed by atoms with van der Waals surface area (Å²) in [6.45, 7) is 5.52. The quantitative estimate of drug-likeness (QED) is 0.0427. The van der Waals surface area contributed by atoms with Crippen molar-refractivity contribution in [2.24, 2.45) is 11.8 Å². The van der Waals surface area contributed by atoms with Crippen molar-refractivity contribution in [3.05, 3.63) is 11.6 Å². The minimum Gasteiger partial charge on any atom is -0.481 e. The second-order valence-corrected chi connectivity index (χ2v) is 13.1. The number of aliphatic hydroxyl groups excluding tert-OH is 5. The van der Waals surface area contributed by atoms with Gasteiger partial charge in [0.1, 0.15) is 24.4 Å². The van der Waals surface area contributed by atoms with Crippen LogP contribution in [0.4, 0.5) is 0 Å². The van der Waals surface area contributed by atoms with Gasteiger partial charge in [-0.2, -0.15) is 0 Å². The number of carbonyl (C=O) groups is 3. The van der Waals surface area contributed by atoms with Crippen LogP contribution in [-0.4, -0.2) is 134 Å². The predicted molar refractivity (Wildman–Crippen MR) is 162 cm³/mol. The lowest BCUT2D eigenvalue weighted by molar-refractivity contribution is -0.327. The maximum Gasteiger partial charge on any atom is 0.335 e. The molecule has 0 spiro atoms. The van der Waals surface area contributed by atoms with Crippen molar-refractivity contribution in [2.75, 3.05) is 13.2 Å². The summed E-state index contributed by atoms with van der Waals surface area (Å²) in [6.07, 6.45) is -6.88. The minimum absolute atomic E-state index is 0.0951. The lowest BCUT2D eigenvalue weighted by atomic mass is 9.85. The van der Waals surface area contributed by atoms with Crippen LogP contribution in [0.1, 0.15) is 78.6 Å². The summed E-state index contributed by atoms with van der Waals surface area (Å²) in [6, 6.07) is 0. The zero-order valence-electron chi connectivity index (χ0n) is 27.3. The summed E-state index contributed by atoms with van der Waals surface area (Å²) in [5.41, 5.74) is 0.540. The van der Waals surface area contributed by atoms with Crippen LogP contribution in [0.5, 0.6) is 0 Å². The third-order valence-electron chi connectivity index (χ3n) is 9.17. The van der Waals surface area contributed by atoms with E-state index in [9.17, 15) is 45.0 Å². The molecular formula is C32H52O15. The molecule has 3 aliphatic rings. The van der Waals surface area contributed by atoms with Gasteiger partial charge in [-0.3, -0.25) is 4.79 Å². The molecule has 15 nitrogen and oxygen atoms in total. The van der Waals surface area contributed by atoms with E-state index in [1.54, 1.807) is 13.8 Å². The van der Waals surface area contributed by atoms with E-state index in [4.69, 9.17) is 28.8 Å². The molecule has 0 aromatic heterocycles. The molecule has 0 aromatic rings. The molecule has 3 saturated heterocycles. The van der Waals surface area contributed by atoms with Gasteiger partial charge in [-0.1, -0.05) is 38.2 Å². The maximum absolute atomic E-state index is 12.5. The van der Waals surface area contributed by atoms with Crippen molar-refractivity contribution in [1.29, 1.82) is 0 Å². The molecule has 0 radical (unpaired) electrons. The van der Waals surface area contributed by atoms with Crippen molar-refractivity contribution in [2.45, 2.75) is 146 Å². The third kappa shape index (κ3) is 11.7. The zero-order chi connectivity index (χ0) is 34.8. The summed E-state index contributed by atoms with van der Waals surface area (Å²) in [5.74, 6) is -3.58. The Balaban J connectivity index is 1.60. The van der Waals surface area contributed by atoms with Gasteiger partial charge in [0.2, 0.25) is 0 Å². The first-order valence-electron chi connectivity index (χ1n) is 16.5. The smallest absolute Gasteiger partial charge is 0.335 e. The van der Waals surface area contributed by atoms with Crippen LogP contribution in [0, 0.1) is 11.8 Å². The highest BCUT2D eigenvalue weighted by atomic mass is 16.7. The number of carbonyl (C=O) groups excluding carboxylic acids is 1. The molecule has 15 heteroatoms. The van der Waals surface area contributed by atoms with Crippen LogP contribution < -0.4 is 0 Å². The number of esters is 1. The summed E-state index contributed by atoms with van der Waals surface area (Å²) in [5, 5.41) is 70.4. The molecule has 0 amide bonds. The average Bonchev–Trinajstić information content (AvgIpc) is 3.77. The Morgan fingerprint density at radius 2 is 1.53 bits per heavy atom. The van der Waals surface area contributed by atoms with Gasteiger partial charge >= 0.3 is 17.9 Å². The third-order valence-corrected chi connectivity index (χ3v) is 9.17. The Labute approximate surface area is 274 Å². The number of rotatable bonds is 19. The highest BCUT2D eigenvalue weighted by molar-refractivity contribution is 5.82. The van der Waals surface area contributed by atoms with Gasteiger partial charge in [0.25, 0.3) is 0 Å². The van der Waals surface area contributed by atoms with E-state index in [0.29, 0.717) is 24.8 Å². The van der Waals surface area contributed by atoms with Crippen LogP contribution in [0.25, 0.3) is 0 Å². The lowest BCUT2D eigenvalue weighted by Crippen LogP contribution is -2.63. The van der Waals surface area contributed by atoms with Crippen molar-refractivity contribution in [3.63, 3.8) is 0 Å². The van der Waals surface area contributed by atoms with E-state index in [-0.39, 0.29) is 44.2 Å². The topological polar surface area (TPSA) is 242 Å². The van der Waals surface area contributed by atoms with E-state index in [2.05, 4.69) is 0 Å². The average molecular weight is 677 g/mol. The van der Waals surface area contributed by atoms with Crippen LogP contribution in [0.3, 0.4) is 0 Å². The standard InChI is InChI=1S/C32H52O15/c1-16(13-23(36)43-11-9-7-5-4-6-8-10-22(34)35)12-20-29(46-32-27(40)25(38)26(39)30(47-32)31(41)42)24(37)19(15-44-20)14-21-28(45-21)17(2)18(3)33/h13,17-21,24-30,32-33,37-40H,4-12,14-15H2,1-3H3,(H,34,35)(H,41,42)/b16-13+/t17-,18-,19-,20-,21-,24+,25?,26?,27?,28-,29-,30?,32?/m0/s1. The molecular weight excluding hydrogens is 624 g/mol. The Hall–Kier alpha value is -2.21. The predicted octanol–water partition coefficient (Wildman–Crippen LogP) is 0.509. The first kappa shape index (κ1) is 39.2. The molecule has 7 N–H and O–H groups in total. The number of aliphatic carboxylic acids is 2. The second-order valence-electron chi connectivity index (χ2n) is 13.1. The zero-order valence-corrected chi connectivity index (χ0v) is 27.3. The number of hydrogen-bond acceptors (Lipinski definition) is 13. The first-order chi connectivity index (χ1) is 22.2. The summed E-state index contributed by atoms with van der Waals surface area (Å²) in [4.78, 5) is 34.6. The van der Waals surface area contributed by atoms with Gasteiger partial charge in [0, 0.05) is 24.3 Å². The SMILES string of the molecule is C/C(=C\C(=O)OCCCCCCCCC(=O)O)C[C@@H]1OC[C@H](C[C@@H]2O[C@H]2[C@@H](C)[C@H](C)O)[C@@H](O)[C@H]1OC1OC(C(=O)O)C(O)C(O)C1O. The fourth-order valence-corrected chi connectivity index (χ4v) is 6.06. The van der Waals surface area contributed by atoms with Crippen molar-refractivity contribution >= 4 is 17.9 Å². The first-order valence-corrected chi connectivity index (χ1v) is 16.5. The molecule has 0 saturated carbocycles. The van der Waals surface area contributed by atoms with Crippen LogP contribution >= 0.6 is 0 Å². The van der Waals surface area contributed by atoms with Gasteiger partial charge in [0.05, 0.1) is 43.7 Å². The highest BCUT2D eigenvalue weighted by Gasteiger charge is 2.52. The second kappa shape index (κ2) is 18.5. The number of carboxylic acid groups (broad SMARTS) is 2.